The fourth-order valence-corrected chi connectivity index (χ4v) is 4.82. The van der Waals surface area contributed by atoms with E-state index in [2.05, 4.69) is 23.9 Å². The molecule has 1 atom stereocenters. The van der Waals surface area contributed by atoms with Gasteiger partial charge >= 0.3 is 0 Å². The first-order chi connectivity index (χ1) is 13.9. The molecule has 0 aromatic heterocycles. The first kappa shape index (κ1) is 24.5. The van der Waals surface area contributed by atoms with Gasteiger partial charge in [-0.2, -0.15) is 0 Å². The molecule has 30 heavy (non-hydrogen) atoms. The van der Waals surface area contributed by atoms with Crippen molar-refractivity contribution < 1.29 is 22.8 Å². The Balaban J connectivity index is 2.06. The SMILES string of the molecule is CC[C@@](C)(CCCNc1ccc(S(=O)(=O)NC(C)(C)C)cc1[N+](=O)[O-])C1OCCO1. The van der Waals surface area contributed by atoms with Gasteiger partial charge in [0.25, 0.3) is 5.69 Å². The average molecular weight is 444 g/mol. The standard InChI is InChI=1S/C20H33N3O6S/c1-6-20(5,18-28-12-13-29-18)10-7-11-21-16-9-8-15(14-17(16)23(24)25)30(26,27)22-19(2,3)4/h8-9,14,18,21-22H,6-7,10-13H2,1-5H3/t20-/m0/s1. The van der Waals surface area contributed by atoms with E-state index >= 15 is 0 Å². The monoisotopic (exact) mass is 443 g/mol. The van der Waals surface area contributed by atoms with E-state index in [0.29, 0.717) is 25.4 Å². The molecule has 2 N–H and O–H groups in total. The molecule has 0 spiro atoms. The zero-order valence-corrected chi connectivity index (χ0v) is 19.2. The van der Waals surface area contributed by atoms with Crippen LogP contribution in [0.15, 0.2) is 23.1 Å². The van der Waals surface area contributed by atoms with Crippen LogP contribution in [0.4, 0.5) is 11.4 Å². The molecule has 1 aromatic rings. The van der Waals surface area contributed by atoms with Crippen LogP contribution in [-0.2, 0) is 19.5 Å². The van der Waals surface area contributed by atoms with Crippen LogP contribution < -0.4 is 10.0 Å². The van der Waals surface area contributed by atoms with Crippen LogP contribution in [0.3, 0.4) is 0 Å². The van der Waals surface area contributed by atoms with Crippen molar-refractivity contribution in [3.63, 3.8) is 0 Å². The minimum Gasteiger partial charge on any atom is -0.379 e. The lowest BCUT2D eigenvalue weighted by Crippen LogP contribution is -2.40. The summed E-state index contributed by atoms with van der Waals surface area (Å²) >= 11 is 0. The Bertz CT molecular complexity index is 847. The van der Waals surface area contributed by atoms with Gasteiger partial charge in [0.2, 0.25) is 10.0 Å². The molecule has 1 fully saturated rings. The minimum atomic E-state index is -3.86. The molecule has 1 saturated heterocycles. The molecule has 0 aliphatic carbocycles. The molecule has 10 heteroatoms. The fraction of sp³-hybridized carbons (Fsp3) is 0.700. The van der Waals surface area contributed by atoms with Gasteiger partial charge in [0, 0.05) is 23.6 Å². The molecule has 0 bridgehead atoms. The summed E-state index contributed by atoms with van der Waals surface area (Å²) in [6, 6.07) is 3.91. The maximum Gasteiger partial charge on any atom is 0.293 e. The van der Waals surface area contributed by atoms with Crippen LogP contribution in [0.25, 0.3) is 0 Å². The summed E-state index contributed by atoms with van der Waals surface area (Å²) in [5.41, 5.74) is -0.794. The van der Waals surface area contributed by atoms with Gasteiger partial charge in [0.05, 0.1) is 23.0 Å². The number of nitrogens with one attached hydrogen (secondary N) is 2. The van der Waals surface area contributed by atoms with Gasteiger partial charge in [-0.05, 0) is 52.2 Å². The highest BCUT2D eigenvalue weighted by molar-refractivity contribution is 7.89. The number of rotatable bonds is 10. The highest BCUT2D eigenvalue weighted by Crippen LogP contribution is 2.36. The van der Waals surface area contributed by atoms with Crippen molar-refractivity contribution in [1.29, 1.82) is 0 Å². The van der Waals surface area contributed by atoms with Gasteiger partial charge in [-0.25, -0.2) is 13.1 Å². The van der Waals surface area contributed by atoms with E-state index < -0.39 is 20.5 Å². The van der Waals surface area contributed by atoms with Crippen molar-refractivity contribution in [3.05, 3.63) is 28.3 Å². The number of nitro groups is 1. The van der Waals surface area contributed by atoms with Gasteiger partial charge in [0.1, 0.15) is 5.69 Å². The first-order valence-electron chi connectivity index (χ1n) is 10.2. The zero-order chi connectivity index (χ0) is 22.6. The Morgan fingerprint density at radius 2 is 1.83 bits per heavy atom. The molecule has 1 aliphatic heterocycles. The van der Waals surface area contributed by atoms with E-state index in [-0.39, 0.29) is 22.3 Å². The number of ether oxygens (including phenoxy) is 2. The highest BCUT2D eigenvalue weighted by Gasteiger charge is 2.36. The lowest BCUT2D eigenvalue weighted by molar-refractivity contribution is -0.384. The molecule has 0 unspecified atom stereocenters. The molecule has 2 rings (SSSR count). The number of hydrogen-bond donors (Lipinski definition) is 2. The smallest absolute Gasteiger partial charge is 0.293 e. The van der Waals surface area contributed by atoms with Crippen LogP contribution in [0, 0.1) is 15.5 Å². The average Bonchev–Trinajstić information content (AvgIpc) is 3.18. The topological polar surface area (TPSA) is 120 Å². The molecule has 170 valence electrons. The second kappa shape index (κ2) is 9.59. The van der Waals surface area contributed by atoms with Crippen molar-refractivity contribution in [2.75, 3.05) is 25.1 Å². The Kier molecular flexibility index (Phi) is 7.84. The molecule has 0 saturated carbocycles. The third-order valence-corrected chi connectivity index (χ3v) is 6.91. The Hall–Kier alpha value is -1.75. The van der Waals surface area contributed by atoms with Gasteiger partial charge in [0.15, 0.2) is 6.29 Å². The summed E-state index contributed by atoms with van der Waals surface area (Å²) in [6.45, 7) is 11.0. The van der Waals surface area contributed by atoms with Crippen molar-refractivity contribution in [3.8, 4) is 0 Å². The molecular formula is C20H33N3O6S. The van der Waals surface area contributed by atoms with E-state index in [0.717, 1.165) is 25.3 Å². The summed E-state index contributed by atoms with van der Waals surface area (Å²) in [5, 5.41) is 14.6. The van der Waals surface area contributed by atoms with Crippen molar-refractivity contribution in [1.82, 2.24) is 4.72 Å². The van der Waals surface area contributed by atoms with E-state index in [1.165, 1.54) is 12.1 Å². The quantitative estimate of drug-likeness (QED) is 0.322. The molecule has 1 aliphatic rings. The largest absolute Gasteiger partial charge is 0.379 e. The maximum absolute atomic E-state index is 12.5. The number of nitrogens with zero attached hydrogens (tertiary/aromatic N) is 1. The van der Waals surface area contributed by atoms with Crippen LogP contribution in [0.5, 0.6) is 0 Å². The van der Waals surface area contributed by atoms with Crippen molar-refractivity contribution >= 4 is 21.4 Å². The van der Waals surface area contributed by atoms with Crippen LogP contribution >= 0.6 is 0 Å². The molecule has 1 aromatic carbocycles. The summed E-state index contributed by atoms with van der Waals surface area (Å²) < 4.78 is 38.8. The predicted molar refractivity (Wildman–Crippen MR) is 115 cm³/mol. The molecule has 0 amide bonds. The molecule has 9 nitrogen and oxygen atoms in total. The van der Waals surface area contributed by atoms with E-state index in [1.54, 1.807) is 20.8 Å². The van der Waals surface area contributed by atoms with E-state index in [9.17, 15) is 18.5 Å². The lowest BCUT2D eigenvalue weighted by Gasteiger charge is -2.33. The number of nitro benzene ring substituents is 1. The highest BCUT2D eigenvalue weighted by atomic mass is 32.2. The van der Waals surface area contributed by atoms with E-state index in [1.807, 2.05) is 0 Å². The Morgan fingerprint density at radius 3 is 2.37 bits per heavy atom. The second-order valence-corrected chi connectivity index (χ2v) is 10.6. The third kappa shape index (κ3) is 6.37. The second-order valence-electron chi connectivity index (χ2n) is 8.90. The fourth-order valence-electron chi connectivity index (χ4n) is 3.38. The van der Waals surface area contributed by atoms with Crippen LogP contribution in [0.1, 0.15) is 53.9 Å². The van der Waals surface area contributed by atoms with Gasteiger partial charge in [-0.3, -0.25) is 10.1 Å². The van der Waals surface area contributed by atoms with E-state index in [4.69, 9.17) is 9.47 Å². The predicted octanol–water partition coefficient (Wildman–Crippen LogP) is 3.65. The third-order valence-electron chi connectivity index (χ3n) is 5.16. The summed E-state index contributed by atoms with van der Waals surface area (Å²) in [5.74, 6) is 0. The minimum absolute atomic E-state index is 0.124. The Labute approximate surface area is 178 Å². The zero-order valence-electron chi connectivity index (χ0n) is 18.4. The van der Waals surface area contributed by atoms with Crippen molar-refractivity contribution in [2.45, 2.75) is 70.6 Å². The Morgan fingerprint density at radius 1 is 1.20 bits per heavy atom. The molecule has 0 radical (unpaired) electrons. The molecular weight excluding hydrogens is 410 g/mol. The van der Waals surface area contributed by atoms with Gasteiger partial charge in [-0.1, -0.05) is 13.8 Å². The van der Waals surface area contributed by atoms with Gasteiger partial charge < -0.3 is 14.8 Å². The summed E-state index contributed by atoms with van der Waals surface area (Å²) in [7, 11) is -3.86. The van der Waals surface area contributed by atoms with Crippen LogP contribution in [-0.4, -0.2) is 44.9 Å². The number of anilines is 1. The van der Waals surface area contributed by atoms with Crippen LogP contribution in [0.2, 0.25) is 0 Å². The number of sulfonamides is 1. The first-order valence-corrected chi connectivity index (χ1v) is 11.7. The molecule has 1 heterocycles. The summed E-state index contributed by atoms with van der Waals surface area (Å²) in [6.07, 6.45) is 2.26. The van der Waals surface area contributed by atoms with Gasteiger partial charge in [-0.15, -0.1) is 0 Å². The number of hydrogen-bond acceptors (Lipinski definition) is 7. The lowest BCUT2D eigenvalue weighted by atomic mass is 9.82. The number of benzene rings is 1. The maximum atomic E-state index is 12.5. The summed E-state index contributed by atoms with van der Waals surface area (Å²) in [4.78, 5) is 10.8. The normalized spacial score (nSPS) is 17.6. The van der Waals surface area contributed by atoms with Crippen molar-refractivity contribution in [2.24, 2.45) is 5.41 Å².